The summed E-state index contributed by atoms with van der Waals surface area (Å²) in [6, 6.07) is 28.3. The van der Waals surface area contributed by atoms with E-state index < -0.39 is 17.3 Å². The van der Waals surface area contributed by atoms with Crippen molar-refractivity contribution in [3.63, 3.8) is 0 Å². The first-order valence-electron chi connectivity index (χ1n) is 14.0. The van der Waals surface area contributed by atoms with Gasteiger partial charge in [0, 0.05) is 41.5 Å². The summed E-state index contributed by atoms with van der Waals surface area (Å²) in [6.07, 6.45) is 0.608. The van der Waals surface area contributed by atoms with Crippen LogP contribution < -0.4 is 14.4 Å². The second-order valence-electron chi connectivity index (χ2n) is 10.8. The van der Waals surface area contributed by atoms with Gasteiger partial charge in [-0.1, -0.05) is 72.8 Å². The fraction of sp³-hybridized carbons (Fsp3) is 0.303. The first kappa shape index (κ1) is 28.8. The van der Waals surface area contributed by atoms with E-state index in [4.69, 9.17) is 4.74 Å². The van der Waals surface area contributed by atoms with Crippen LogP contribution in [-0.4, -0.2) is 39.3 Å². The van der Waals surface area contributed by atoms with Gasteiger partial charge < -0.3 is 14.6 Å². The number of carbonyl (C=O) groups is 1. The Hall–Kier alpha value is -3.72. The maximum absolute atomic E-state index is 13.6. The van der Waals surface area contributed by atoms with Crippen LogP contribution in [0.25, 0.3) is 10.8 Å². The molecule has 1 aliphatic rings. The molecule has 0 saturated heterocycles. The van der Waals surface area contributed by atoms with Crippen molar-refractivity contribution in [3.05, 3.63) is 108 Å². The third-order valence-corrected chi connectivity index (χ3v) is 8.55. The van der Waals surface area contributed by atoms with Gasteiger partial charge in [0.15, 0.2) is 0 Å². The van der Waals surface area contributed by atoms with Crippen LogP contribution in [0.1, 0.15) is 55.5 Å². The standard InChI is InChI=1S/C33H37N3O4S/c1-23(2)35(3)22-24-13-16-29-30(17-18-40-32(29)19-24)34-33(37)21-31(26-10-5-4-6-11-26)36(41(38)39)28-15-14-25-9-7-8-12-27(25)20-28/h4-16,19-20,23,30-31H,17-18,21-22H2,1-3H3,(H,34,37)(H,38,39)/p-1. The highest BCUT2D eigenvalue weighted by Gasteiger charge is 2.28. The summed E-state index contributed by atoms with van der Waals surface area (Å²) in [4.78, 5) is 15.8. The number of hydrogen-bond acceptors (Lipinski definition) is 5. The summed E-state index contributed by atoms with van der Waals surface area (Å²) < 4.78 is 32.7. The van der Waals surface area contributed by atoms with Crippen molar-refractivity contribution < 1.29 is 18.3 Å². The van der Waals surface area contributed by atoms with Gasteiger partial charge in [0.1, 0.15) is 5.75 Å². The van der Waals surface area contributed by atoms with E-state index in [2.05, 4.69) is 43.2 Å². The molecule has 8 heteroatoms. The van der Waals surface area contributed by atoms with Crippen LogP contribution in [0.15, 0.2) is 91.0 Å². The van der Waals surface area contributed by atoms with E-state index in [1.165, 1.54) is 4.31 Å². The summed E-state index contributed by atoms with van der Waals surface area (Å²) in [5.41, 5.74) is 3.34. The molecular weight excluding hydrogens is 534 g/mol. The molecule has 0 bridgehead atoms. The maximum Gasteiger partial charge on any atom is 0.222 e. The molecule has 4 aromatic carbocycles. The lowest BCUT2D eigenvalue weighted by Gasteiger charge is -2.35. The van der Waals surface area contributed by atoms with Crippen LogP contribution in [0.5, 0.6) is 5.75 Å². The highest BCUT2D eigenvalue weighted by Crippen LogP contribution is 2.36. The van der Waals surface area contributed by atoms with Gasteiger partial charge in [-0.05, 0) is 61.0 Å². The monoisotopic (exact) mass is 570 g/mol. The Balaban J connectivity index is 1.39. The SMILES string of the molecule is CC(C)N(C)Cc1ccc2c(c1)OCCC2NC(=O)CC(c1ccccc1)N(c1ccc2ccccc2c1)S(=O)[O-]. The van der Waals surface area contributed by atoms with E-state index in [9.17, 15) is 13.6 Å². The minimum absolute atomic E-state index is 0.0330. The van der Waals surface area contributed by atoms with Gasteiger partial charge in [-0.15, -0.1) is 0 Å². The van der Waals surface area contributed by atoms with Crippen molar-refractivity contribution in [2.24, 2.45) is 0 Å². The van der Waals surface area contributed by atoms with Gasteiger partial charge in [0.25, 0.3) is 0 Å². The molecule has 0 aromatic heterocycles. The van der Waals surface area contributed by atoms with Crippen molar-refractivity contribution in [1.82, 2.24) is 10.2 Å². The molecule has 1 N–H and O–H groups in total. The number of hydrogen-bond donors (Lipinski definition) is 1. The predicted octanol–water partition coefficient (Wildman–Crippen LogP) is 6.05. The van der Waals surface area contributed by atoms with Crippen LogP contribution in [-0.2, 0) is 22.6 Å². The van der Waals surface area contributed by atoms with Crippen LogP contribution in [0, 0.1) is 0 Å². The first-order valence-corrected chi connectivity index (χ1v) is 15.0. The number of rotatable bonds is 10. The van der Waals surface area contributed by atoms with Crippen molar-refractivity contribution in [3.8, 4) is 5.75 Å². The van der Waals surface area contributed by atoms with Crippen LogP contribution in [0.2, 0.25) is 0 Å². The number of nitrogens with one attached hydrogen (secondary N) is 1. The molecule has 0 saturated carbocycles. The average molecular weight is 571 g/mol. The van der Waals surface area contributed by atoms with Crippen LogP contribution in [0.3, 0.4) is 0 Å². The van der Waals surface area contributed by atoms with E-state index in [1.54, 1.807) is 6.07 Å². The zero-order valence-corrected chi connectivity index (χ0v) is 24.5. The lowest BCUT2D eigenvalue weighted by atomic mass is 9.97. The quantitative estimate of drug-likeness (QED) is 0.235. The largest absolute Gasteiger partial charge is 0.755 e. The molecule has 3 unspecified atom stereocenters. The zero-order valence-electron chi connectivity index (χ0n) is 23.7. The maximum atomic E-state index is 13.6. The molecule has 3 atom stereocenters. The lowest BCUT2D eigenvalue weighted by Crippen LogP contribution is -2.37. The Morgan fingerprint density at radius 2 is 1.73 bits per heavy atom. The molecule has 4 aromatic rings. The molecule has 0 aliphatic carbocycles. The fourth-order valence-corrected chi connectivity index (χ4v) is 5.97. The van der Waals surface area contributed by atoms with Gasteiger partial charge in [-0.25, -0.2) is 0 Å². The highest BCUT2D eigenvalue weighted by atomic mass is 32.2. The molecule has 7 nitrogen and oxygen atoms in total. The minimum Gasteiger partial charge on any atom is -0.755 e. The Morgan fingerprint density at radius 1 is 1.00 bits per heavy atom. The minimum atomic E-state index is -2.62. The van der Waals surface area contributed by atoms with Crippen molar-refractivity contribution in [1.29, 1.82) is 0 Å². The number of fused-ring (bicyclic) bond motifs is 2. The van der Waals surface area contributed by atoms with Gasteiger partial charge in [0.2, 0.25) is 5.91 Å². The number of ether oxygens (including phenoxy) is 1. The van der Waals surface area contributed by atoms with Crippen LogP contribution >= 0.6 is 0 Å². The second-order valence-corrected chi connectivity index (χ2v) is 11.7. The number of benzene rings is 4. The zero-order chi connectivity index (χ0) is 28.9. The highest BCUT2D eigenvalue weighted by molar-refractivity contribution is 7.80. The summed E-state index contributed by atoms with van der Waals surface area (Å²) in [6.45, 7) is 5.62. The average Bonchev–Trinajstić information content (AvgIpc) is 2.97. The van der Waals surface area contributed by atoms with E-state index in [0.717, 1.165) is 39.8 Å². The van der Waals surface area contributed by atoms with Gasteiger partial charge in [0.05, 0.1) is 25.1 Å². The Morgan fingerprint density at radius 3 is 2.46 bits per heavy atom. The van der Waals surface area contributed by atoms with Gasteiger partial charge >= 0.3 is 0 Å². The smallest absolute Gasteiger partial charge is 0.222 e. The molecule has 0 spiro atoms. The third kappa shape index (κ3) is 6.78. The van der Waals surface area contributed by atoms with Gasteiger partial charge in [-0.3, -0.25) is 18.2 Å². The van der Waals surface area contributed by atoms with E-state index in [0.29, 0.717) is 24.8 Å². The summed E-state index contributed by atoms with van der Waals surface area (Å²) >= 11 is -2.62. The predicted molar refractivity (Wildman–Crippen MR) is 163 cm³/mol. The van der Waals surface area contributed by atoms with Crippen molar-refractivity contribution in [2.75, 3.05) is 18.0 Å². The molecular formula is C33H36N3O4S-. The van der Waals surface area contributed by atoms with E-state index >= 15 is 0 Å². The van der Waals surface area contributed by atoms with Crippen molar-refractivity contribution >= 4 is 33.6 Å². The molecule has 1 amide bonds. The second kappa shape index (κ2) is 12.9. The topological polar surface area (TPSA) is 84.9 Å². The molecule has 1 aliphatic heterocycles. The molecule has 1 heterocycles. The third-order valence-electron chi connectivity index (χ3n) is 7.76. The van der Waals surface area contributed by atoms with E-state index in [-0.39, 0.29) is 18.4 Å². The lowest BCUT2D eigenvalue weighted by molar-refractivity contribution is -0.122. The number of nitrogens with zero attached hydrogens (tertiary/aromatic N) is 2. The fourth-order valence-electron chi connectivity index (χ4n) is 5.28. The van der Waals surface area contributed by atoms with E-state index in [1.807, 2.05) is 72.8 Å². The number of carbonyl (C=O) groups excluding carboxylic acids is 1. The molecule has 0 radical (unpaired) electrons. The Bertz CT molecular complexity index is 1530. The molecule has 5 rings (SSSR count). The molecule has 0 fully saturated rings. The number of amides is 1. The Labute approximate surface area is 244 Å². The summed E-state index contributed by atoms with van der Waals surface area (Å²) in [5.74, 6) is 0.561. The summed E-state index contributed by atoms with van der Waals surface area (Å²) in [7, 11) is 2.09. The first-order chi connectivity index (χ1) is 19.8. The molecule has 214 valence electrons. The normalized spacial score (nSPS) is 16.2. The molecule has 41 heavy (non-hydrogen) atoms. The van der Waals surface area contributed by atoms with Crippen LogP contribution in [0.4, 0.5) is 5.69 Å². The Kier molecular flexibility index (Phi) is 9.03. The number of anilines is 1. The van der Waals surface area contributed by atoms with Gasteiger partial charge in [-0.2, -0.15) is 0 Å². The van der Waals surface area contributed by atoms with Crippen molar-refractivity contribution in [2.45, 2.75) is 51.4 Å². The summed E-state index contributed by atoms with van der Waals surface area (Å²) in [5, 5.41) is 5.11.